The van der Waals surface area contributed by atoms with Crippen molar-refractivity contribution in [1.82, 2.24) is 9.47 Å². The Labute approximate surface area is 198 Å². The van der Waals surface area contributed by atoms with E-state index in [1.54, 1.807) is 24.9 Å². The lowest BCUT2D eigenvalue weighted by Crippen LogP contribution is -2.33. The molecular weight excluding hydrogens is 440 g/mol. The summed E-state index contributed by atoms with van der Waals surface area (Å²) in [6.45, 7) is 9.56. The number of anilines is 1. The van der Waals surface area contributed by atoms with Crippen molar-refractivity contribution in [2.24, 2.45) is 7.05 Å². The number of nitrogens with zero attached hydrogens (tertiary/aromatic N) is 4. The minimum absolute atomic E-state index is 0.0878. The Balaban J connectivity index is 2.09. The van der Waals surface area contributed by atoms with Crippen LogP contribution in [0.15, 0.2) is 34.0 Å². The van der Waals surface area contributed by atoms with E-state index in [9.17, 15) is 14.9 Å². The number of amides is 1. The number of nitriles is 1. The van der Waals surface area contributed by atoms with E-state index in [-0.39, 0.29) is 17.0 Å². The molecule has 1 aliphatic rings. The van der Waals surface area contributed by atoms with Crippen LogP contribution in [0.4, 0.5) is 5.82 Å². The van der Waals surface area contributed by atoms with Crippen LogP contribution in [0.2, 0.25) is 0 Å². The van der Waals surface area contributed by atoms with Gasteiger partial charge in [-0.3, -0.25) is 19.1 Å². The number of pyridine rings is 1. The number of benzene rings is 1. The Morgan fingerprint density at radius 3 is 2.34 bits per heavy atom. The quantitative estimate of drug-likeness (QED) is 0.471. The van der Waals surface area contributed by atoms with Crippen molar-refractivity contribution in [2.75, 3.05) is 18.0 Å². The summed E-state index contributed by atoms with van der Waals surface area (Å²) < 4.78 is 1.99. The molecule has 3 rings (SSSR count). The highest BCUT2D eigenvalue weighted by molar-refractivity contribution is 8.26. The van der Waals surface area contributed by atoms with E-state index in [1.165, 1.54) is 16.3 Å². The van der Waals surface area contributed by atoms with E-state index in [1.807, 2.05) is 51.1 Å². The highest BCUT2D eigenvalue weighted by atomic mass is 32.2. The molecule has 8 heteroatoms. The van der Waals surface area contributed by atoms with Crippen LogP contribution in [0.1, 0.15) is 41.7 Å². The van der Waals surface area contributed by atoms with Crippen LogP contribution in [0, 0.1) is 25.2 Å². The first-order chi connectivity index (χ1) is 15.2. The maximum Gasteiger partial charge on any atom is 0.270 e. The number of rotatable bonds is 6. The van der Waals surface area contributed by atoms with Crippen molar-refractivity contribution in [3.05, 3.63) is 67.3 Å². The Morgan fingerprint density at radius 1 is 1.16 bits per heavy atom. The Hall–Kier alpha value is -2.89. The second-order valence-corrected chi connectivity index (χ2v) is 9.31. The van der Waals surface area contributed by atoms with Crippen molar-refractivity contribution in [3.63, 3.8) is 0 Å². The molecule has 6 nitrogen and oxygen atoms in total. The number of aryl methyl sites for hydroxylation is 1. The molecule has 0 N–H and O–H groups in total. The van der Waals surface area contributed by atoms with Crippen LogP contribution in [-0.4, -0.2) is 32.8 Å². The van der Waals surface area contributed by atoms with Gasteiger partial charge < -0.3 is 4.90 Å². The first kappa shape index (κ1) is 23.8. The van der Waals surface area contributed by atoms with Gasteiger partial charge in [-0.15, -0.1) is 0 Å². The highest BCUT2D eigenvalue weighted by Gasteiger charge is 2.33. The summed E-state index contributed by atoms with van der Waals surface area (Å²) in [4.78, 5) is 30.1. The largest absolute Gasteiger partial charge is 0.358 e. The lowest BCUT2D eigenvalue weighted by molar-refractivity contribution is -0.122. The summed E-state index contributed by atoms with van der Waals surface area (Å²) in [7, 11) is 1.66. The summed E-state index contributed by atoms with van der Waals surface area (Å²) in [5, 5.41) is 9.57. The minimum Gasteiger partial charge on any atom is -0.358 e. The SMILES string of the molecule is CCN(CC)c1c(C=C2SC(=S)N(Cc3ccc(C)cc3)C2=O)c(C)c(C#N)c(=O)n1C. The van der Waals surface area contributed by atoms with Crippen molar-refractivity contribution >= 4 is 46.1 Å². The number of thioether (sulfide) groups is 1. The summed E-state index contributed by atoms with van der Waals surface area (Å²) in [6.07, 6.45) is 1.78. The van der Waals surface area contributed by atoms with E-state index >= 15 is 0 Å². The number of carbonyl (C=O) groups excluding carboxylic acids is 1. The van der Waals surface area contributed by atoms with Gasteiger partial charge in [-0.1, -0.05) is 53.8 Å². The number of thiocarbonyl (C=S) groups is 1. The molecule has 2 heterocycles. The molecule has 0 atom stereocenters. The van der Waals surface area contributed by atoms with Crippen LogP contribution in [0.5, 0.6) is 0 Å². The second-order valence-electron chi connectivity index (χ2n) is 7.64. The average Bonchev–Trinajstić information content (AvgIpc) is 3.03. The fourth-order valence-electron chi connectivity index (χ4n) is 3.76. The van der Waals surface area contributed by atoms with E-state index in [0.29, 0.717) is 45.8 Å². The summed E-state index contributed by atoms with van der Waals surface area (Å²) in [6, 6.07) is 10.0. The van der Waals surface area contributed by atoms with Gasteiger partial charge in [-0.2, -0.15) is 5.26 Å². The lowest BCUT2D eigenvalue weighted by atomic mass is 10.0. The molecule has 0 aliphatic carbocycles. The summed E-state index contributed by atoms with van der Waals surface area (Å²) in [5.74, 6) is 0.526. The predicted molar refractivity (Wildman–Crippen MR) is 135 cm³/mol. The van der Waals surface area contributed by atoms with E-state index in [2.05, 4.69) is 4.90 Å². The van der Waals surface area contributed by atoms with Gasteiger partial charge in [-0.05, 0) is 44.9 Å². The molecule has 0 saturated carbocycles. The number of hydrogen-bond acceptors (Lipinski definition) is 6. The van der Waals surface area contributed by atoms with E-state index in [0.717, 1.165) is 11.1 Å². The molecule has 1 fully saturated rings. The van der Waals surface area contributed by atoms with Gasteiger partial charge in [0.05, 0.1) is 11.4 Å². The minimum atomic E-state index is -0.337. The predicted octanol–water partition coefficient (Wildman–Crippen LogP) is 4.12. The van der Waals surface area contributed by atoms with Crippen LogP contribution >= 0.6 is 24.0 Å². The maximum atomic E-state index is 13.2. The second kappa shape index (κ2) is 9.72. The third-order valence-electron chi connectivity index (χ3n) is 5.64. The zero-order valence-corrected chi connectivity index (χ0v) is 20.6. The third-order valence-corrected chi connectivity index (χ3v) is 7.02. The van der Waals surface area contributed by atoms with Crippen LogP contribution in [0.25, 0.3) is 6.08 Å². The van der Waals surface area contributed by atoms with Crippen LogP contribution in [0.3, 0.4) is 0 Å². The first-order valence-electron chi connectivity index (χ1n) is 10.4. The van der Waals surface area contributed by atoms with Crippen LogP contribution < -0.4 is 10.5 Å². The molecule has 166 valence electrons. The van der Waals surface area contributed by atoms with Gasteiger partial charge in [0.2, 0.25) is 0 Å². The van der Waals surface area contributed by atoms with Crippen molar-refractivity contribution in [1.29, 1.82) is 5.26 Å². The molecule has 1 aromatic heterocycles. The van der Waals surface area contributed by atoms with Gasteiger partial charge in [-0.25, -0.2) is 0 Å². The third kappa shape index (κ3) is 4.36. The van der Waals surface area contributed by atoms with Gasteiger partial charge in [0.15, 0.2) is 0 Å². The number of aromatic nitrogens is 1. The Morgan fingerprint density at radius 2 is 1.78 bits per heavy atom. The molecule has 32 heavy (non-hydrogen) atoms. The molecule has 0 radical (unpaired) electrons. The maximum absolute atomic E-state index is 13.2. The monoisotopic (exact) mass is 466 g/mol. The fourth-order valence-corrected chi connectivity index (χ4v) is 5.00. The van der Waals surface area contributed by atoms with Crippen LogP contribution in [-0.2, 0) is 18.4 Å². The molecule has 2 aromatic rings. The van der Waals surface area contributed by atoms with Crippen molar-refractivity contribution in [2.45, 2.75) is 34.2 Å². The lowest BCUT2D eigenvalue weighted by Gasteiger charge is -2.27. The van der Waals surface area contributed by atoms with E-state index in [4.69, 9.17) is 12.2 Å². The Kier molecular flexibility index (Phi) is 7.22. The molecule has 1 amide bonds. The molecule has 0 bridgehead atoms. The smallest absolute Gasteiger partial charge is 0.270 e. The van der Waals surface area contributed by atoms with Gasteiger partial charge in [0.25, 0.3) is 11.5 Å². The highest BCUT2D eigenvalue weighted by Crippen LogP contribution is 2.36. The van der Waals surface area contributed by atoms with Crippen molar-refractivity contribution < 1.29 is 4.79 Å². The number of hydrogen-bond donors (Lipinski definition) is 0. The zero-order valence-electron chi connectivity index (χ0n) is 18.9. The normalized spacial score (nSPS) is 14.9. The zero-order chi connectivity index (χ0) is 23.6. The van der Waals surface area contributed by atoms with Gasteiger partial charge >= 0.3 is 0 Å². The van der Waals surface area contributed by atoms with Gasteiger partial charge in [0.1, 0.15) is 21.8 Å². The average molecular weight is 467 g/mol. The van der Waals surface area contributed by atoms with Crippen molar-refractivity contribution in [3.8, 4) is 6.07 Å². The Bertz CT molecular complexity index is 1200. The molecule has 1 aromatic carbocycles. The molecule has 0 unspecified atom stereocenters. The molecule has 0 spiro atoms. The molecule has 1 saturated heterocycles. The molecule has 1 aliphatic heterocycles. The van der Waals surface area contributed by atoms with E-state index < -0.39 is 0 Å². The fraction of sp³-hybridized carbons (Fsp3) is 0.333. The first-order valence-corrected chi connectivity index (χ1v) is 11.6. The standard InChI is InChI=1S/C24H26N4O2S2/c1-6-27(7-2)21-18(16(4)19(13-25)22(29)26(21)5)12-20-23(30)28(24(31)32-20)14-17-10-8-15(3)9-11-17/h8-12H,6-7,14H2,1-5H3. The summed E-state index contributed by atoms with van der Waals surface area (Å²) in [5.41, 5.74) is 3.17. The molecular formula is C24H26N4O2S2. The topological polar surface area (TPSA) is 69.3 Å². The summed E-state index contributed by atoms with van der Waals surface area (Å²) >= 11 is 6.75. The number of carbonyl (C=O) groups is 1. The van der Waals surface area contributed by atoms with Gasteiger partial charge in [0, 0.05) is 25.7 Å².